The minimum absolute atomic E-state index is 0.205. The summed E-state index contributed by atoms with van der Waals surface area (Å²) in [6.45, 7) is 10.1. The van der Waals surface area contributed by atoms with E-state index in [1.165, 1.54) is 0 Å². The maximum atomic E-state index is 10.5. The van der Waals surface area contributed by atoms with Crippen molar-refractivity contribution in [3.63, 3.8) is 0 Å². The first kappa shape index (κ1) is 27.9. The van der Waals surface area contributed by atoms with Crippen LogP contribution < -0.4 is 0 Å². The summed E-state index contributed by atoms with van der Waals surface area (Å²) in [5.74, 6) is 0.961. The molecular weight excluding hydrogens is 508 g/mol. The molecule has 0 saturated heterocycles. The molecular formula is C37H36O4. The second-order valence-electron chi connectivity index (χ2n) is 11.4. The van der Waals surface area contributed by atoms with Crippen molar-refractivity contribution in [3.8, 4) is 23.0 Å². The van der Waals surface area contributed by atoms with Crippen molar-refractivity contribution in [3.05, 3.63) is 153 Å². The summed E-state index contributed by atoms with van der Waals surface area (Å²) >= 11 is 0. The van der Waals surface area contributed by atoms with Crippen molar-refractivity contribution in [1.82, 2.24) is 0 Å². The van der Waals surface area contributed by atoms with Crippen LogP contribution in [0.4, 0.5) is 0 Å². The van der Waals surface area contributed by atoms with Crippen LogP contribution in [0.5, 0.6) is 23.0 Å². The first-order chi connectivity index (χ1) is 19.4. The van der Waals surface area contributed by atoms with E-state index >= 15 is 0 Å². The Labute approximate surface area is 241 Å². The summed E-state index contributed by atoms with van der Waals surface area (Å²) in [4.78, 5) is 0. The Morgan fingerprint density at radius 2 is 0.707 bits per heavy atom. The Morgan fingerprint density at radius 3 is 1.10 bits per heavy atom. The molecule has 208 valence electrons. The molecule has 4 N–H and O–H groups in total. The lowest BCUT2D eigenvalue weighted by Gasteiger charge is -2.35. The van der Waals surface area contributed by atoms with Gasteiger partial charge in [0.05, 0.1) is 0 Å². The lowest BCUT2D eigenvalue weighted by molar-refractivity contribution is 0.466. The normalized spacial score (nSPS) is 13.1. The van der Waals surface area contributed by atoms with Gasteiger partial charge in [-0.25, -0.2) is 0 Å². The molecule has 4 heteroatoms. The standard InChI is InChI=1S/C37H36O4/c1-23-20-30(14-19-34(23)40)37(5,31-21-24(2)35(41)25(3)22-31)27-8-6-26(7-9-27)36(4,28-10-15-32(38)16-11-28)29-12-17-33(39)18-13-29/h6-22,38-41H,1-5H3. The van der Waals surface area contributed by atoms with Crippen LogP contribution in [0.25, 0.3) is 0 Å². The molecule has 1 unspecified atom stereocenters. The van der Waals surface area contributed by atoms with Gasteiger partial charge in [-0.3, -0.25) is 0 Å². The van der Waals surface area contributed by atoms with Gasteiger partial charge in [-0.1, -0.05) is 72.8 Å². The van der Waals surface area contributed by atoms with Crippen molar-refractivity contribution in [1.29, 1.82) is 0 Å². The molecule has 4 nitrogen and oxygen atoms in total. The smallest absolute Gasteiger partial charge is 0.121 e. The van der Waals surface area contributed by atoms with Crippen molar-refractivity contribution < 1.29 is 20.4 Å². The molecule has 0 aliphatic heterocycles. The molecule has 0 fully saturated rings. The SMILES string of the molecule is Cc1cc(C(C)(c2ccc(C(C)(c3ccc(O)cc3)c3ccc(O)cc3)cc2)c2cc(C)c(O)c(C)c2)ccc1O. The summed E-state index contributed by atoms with van der Waals surface area (Å²) in [5, 5.41) is 40.8. The van der Waals surface area contributed by atoms with Crippen molar-refractivity contribution in [2.24, 2.45) is 0 Å². The van der Waals surface area contributed by atoms with Gasteiger partial charge in [-0.05, 0) is 115 Å². The maximum absolute atomic E-state index is 10.5. The predicted octanol–water partition coefficient (Wildman–Crippen LogP) is 8.14. The zero-order valence-corrected chi connectivity index (χ0v) is 24.1. The molecule has 0 aliphatic rings. The zero-order valence-electron chi connectivity index (χ0n) is 24.1. The average Bonchev–Trinajstić information content (AvgIpc) is 2.97. The van der Waals surface area contributed by atoms with Gasteiger partial charge in [-0.15, -0.1) is 0 Å². The van der Waals surface area contributed by atoms with E-state index in [4.69, 9.17) is 0 Å². The molecule has 0 heterocycles. The van der Waals surface area contributed by atoms with E-state index in [-0.39, 0.29) is 17.2 Å². The molecule has 5 rings (SSSR count). The number of phenolic OH excluding ortho intramolecular Hbond substituents is 4. The molecule has 0 bridgehead atoms. The van der Waals surface area contributed by atoms with Crippen LogP contribution in [0.3, 0.4) is 0 Å². The average molecular weight is 545 g/mol. The van der Waals surface area contributed by atoms with Crippen LogP contribution in [0, 0.1) is 20.8 Å². The molecule has 0 radical (unpaired) electrons. The van der Waals surface area contributed by atoms with Gasteiger partial charge >= 0.3 is 0 Å². The maximum Gasteiger partial charge on any atom is 0.121 e. The van der Waals surface area contributed by atoms with E-state index in [0.29, 0.717) is 5.75 Å². The van der Waals surface area contributed by atoms with Crippen molar-refractivity contribution >= 4 is 0 Å². The number of aryl methyl sites for hydroxylation is 3. The highest BCUT2D eigenvalue weighted by molar-refractivity contribution is 5.57. The summed E-state index contributed by atoms with van der Waals surface area (Å²) in [6.07, 6.45) is 0. The Bertz CT molecular complexity index is 1630. The zero-order chi connectivity index (χ0) is 29.5. The molecule has 1 atom stereocenters. The number of benzene rings is 5. The second kappa shape index (κ2) is 10.4. The quantitative estimate of drug-likeness (QED) is 0.163. The first-order valence-electron chi connectivity index (χ1n) is 13.8. The summed E-state index contributed by atoms with van der Waals surface area (Å²) < 4.78 is 0. The Morgan fingerprint density at radius 1 is 0.390 bits per heavy atom. The Balaban J connectivity index is 1.71. The van der Waals surface area contributed by atoms with Crippen LogP contribution in [-0.4, -0.2) is 20.4 Å². The number of hydrogen-bond donors (Lipinski definition) is 4. The summed E-state index contributed by atoms with van der Waals surface area (Å²) in [7, 11) is 0. The number of phenols is 4. The van der Waals surface area contributed by atoms with Crippen LogP contribution in [0.1, 0.15) is 63.9 Å². The van der Waals surface area contributed by atoms with Crippen LogP contribution in [0.15, 0.2) is 103 Å². The Hall–Kier alpha value is -4.70. The van der Waals surface area contributed by atoms with Crippen LogP contribution in [-0.2, 0) is 10.8 Å². The minimum atomic E-state index is -0.576. The van der Waals surface area contributed by atoms with E-state index in [9.17, 15) is 20.4 Å². The van der Waals surface area contributed by atoms with Crippen LogP contribution in [0.2, 0.25) is 0 Å². The molecule has 5 aromatic carbocycles. The summed E-state index contributed by atoms with van der Waals surface area (Å²) in [6, 6.07) is 32.9. The molecule has 0 aromatic heterocycles. The first-order valence-corrected chi connectivity index (χ1v) is 13.8. The van der Waals surface area contributed by atoms with Gasteiger partial charge in [0.1, 0.15) is 23.0 Å². The largest absolute Gasteiger partial charge is 0.508 e. The monoisotopic (exact) mass is 544 g/mol. The van der Waals surface area contributed by atoms with Gasteiger partial charge < -0.3 is 20.4 Å². The highest BCUT2D eigenvalue weighted by Crippen LogP contribution is 2.44. The van der Waals surface area contributed by atoms with Gasteiger partial charge in [0.2, 0.25) is 0 Å². The molecule has 5 aromatic rings. The van der Waals surface area contributed by atoms with E-state index in [0.717, 1.165) is 50.1 Å². The predicted molar refractivity (Wildman–Crippen MR) is 164 cm³/mol. The highest BCUT2D eigenvalue weighted by Gasteiger charge is 2.35. The number of hydrogen-bond acceptors (Lipinski definition) is 4. The van der Waals surface area contributed by atoms with Crippen LogP contribution >= 0.6 is 0 Å². The number of rotatable bonds is 6. The third kappa shape index (κ3) is 4.80. The van der Waals surface area contributed by atoms with E-state index in [1.807, 2.05) is 69.3 Å². The third-order valence-corrected chi connectivity index (χ3v) is 8.77. The van der Waals surface area contributed by atoms with Gasteiger partial charge in [0.25, 0.3) is 0 Å². The fraction of sp³-hybridized carbons (Fsp3) is 0.189. The van der Waals surface area contributed by atoms with Gasteiger partial charge in [0, 0.05) is 10.8 Å². The molecule has 0 spiro atoms. The molecule has 0 amide bonds. The lowest BCUT2D eigenvalue weighted by atomic mass is 9.68. The number of aromatic hydroxyl groups is 4. The van der Waals surface area contributed by atoms with E-state index < -0.39 is 10.8 Å². The third-order valence-electron chi connectivity index (χ3n) is 8.77. The molecule has 0 saturated carbocycles. The van der Waals surface area contributed by atoms with E-state index in [1.54, 1.807) is 30.3 Å². The fourth-order valence-corrected chi connectivity index (χ4v) is 5.94. The van der Waals surface area contributed by atoms with Crippen molar-refractivity contribution in [2.75, 3.05) is 0 Å². The topological polar surface area (TPSA) is 80.9 Å². The Kier molecular flexibility index (Phi) is 7.04. The van der Waals surface area contributed by atoms with E-state index in [2.05, 4.69) is 38.1 Å². The highest BCUT2D eigenvalue weighted by atomic mass is 16.3. The molecule has 0 aliphatic carbocycles. The van der Waals surface area contributed by atoms with Gasteiger partial charge in [-0.2, -0.15) is 0 Å². The molecule has 41 heavy (non-hydrogen) atoms. The lowest BCUT2D eigenvalue weighted by Crippen LogP contribution is -2.28. The summed E-state index contributed by atoms with van der Waals surface area (Å²) in [5.41, 5.74) is 7.50. The van der Waals surface area contributed by atoms with Crippen molar-refractivity contribution in [2.45, 2.75) is 45.4 Å². The van der Waals surface area contributed by atoms with Gasteiger partial charge in [0.15, 0.2) is 0 Å². The fourth-order valence-electron chi connectivity index (χ4n) is 5.94. The second-order valence-corrected chi connectivity index (χ2v) is 11.4. The minimum Gasteiger partial charge on any atom is -0.508 e.